The zero-order valence-corrected chi connectivity index (χ0v) is 34.3. The number of methoxy groups -OCH3 is 1. The molecule has 7 amide bonds. The fraction of sp³-hybridized carbons (Fsp3) is 0.737. The summed E-state index contributed by atoms with van der Waals surface area (Å²) in [7, 11) is 1.17. The minimum Gasteiger partial charge on any atom is -0.468 e. The van der Waals surface area contributed by atoms with Gasteiger partial charge in [-0.1, -0.05) is 39.8 Å². The molecule has 2 fully saturated rings. The van der Waals surface area contributed by atoms with Crippen LogP contribution in [0.5, 0.6) is 0 Å². The highest BCUT2D eigenvalue weighted by atomic mass is 16.6. The van der Waals surface area contributed by atoms with Crippen LogP contribution in [0.1, 0.15) is 74.1 Å². The molecule has 57 heavy (non-hydrogen) atoms. The van der Waals surface area contributed by atoms with Gasteiger partial charge in [0.25, 0.3) is 0 Å². The van der Waals surface area contributed by atoms with E-state index in [4.69, 9.17) is 14.2 Å². The maximum atomic E-state index is 13.9. The molecule has 2 saturated heterocycles. The normalized spacial score (nSPS) is 25.8. The molecule has 0 aromatic carbocycles. The zero-order valence-electron chi connectivity index (χ0n) is 34.3. The summed E-state index contributed by atoms with van der Waals surface area (Å²) in [4.78, 5) is 109. The third-order valence-electron chi connectivity index (χ3n) is 9.56. The fourth-order valence-corrected chi connectivity index (χ4v) is 6.52. The minimum absolute atomic E-state index is 0.00102. The zero-order chi connectivity index (χ0) is 42.4. The number of rotatable bonds is 8. The molecule has 0 aromatic heterocycles. The van der Waals surface area contributed by atoms with Crippen LogP contribution in [-0.2, 0) is 52.5 Å². The number of ether oxygens (including phenoxy) is 4. The van der Waals surface area contributed by atoms with Crippen molar-refractivity contribution in [3.8, 4) is 0 Å². The predicted molar refractivity (Wildman–Crippen MR) is 204 cm³/mol. The SMILES string of the molecule is COC(=O)CNC(=O)C1COCC=CCOCC(NC(=O)C2CCCN2C(=O)C2CCCN2C(=O)OC(C)(C)C)C(=O)NC(C(C)C)C(=O)NC(C(C)C)C(=O)N1. The van der Waals surface area contributed by atoms with Gasteiger partial charge in [-0.15, -0.1) is 0 Å². The highest BCUT2D eigenvalue weighted by molar-refractivity contribution is 5.97. The quantitative estimate of drug-likeness (QED) is 0.154. The van der Waals surface area contributed by atoms with E-state index in [0.29, 0.717) is 32.2 Å². The van der Waals surface area contributed by atoms with E-state index in [9.17, 15) is 38.4 Å². The Morgan fingerprint density at radius 3 is 1.91 bits per heavy atom. The lowest BCUT2D eigenvalue weighted by Crippen LogP contribution is -2.62. The summed E-state index contributed by atoms with van der Waals surface area (Å²) in [6.45, 7) is 11.6. The Labute approximate surface area is 334 Å². The lowest BCUT2D eigenvalue weighted by molar-refractivity contribution is -0.143. The summed E-state index contributed by atoms with van der Waals surface area (Å²) in [5.74, 6) is -5.45. The number of likely N-dealkylation sites (tertiary alicyclic amines) is 2. The Hall–Kier alpha value is -4.78. The van der Waals surface area contributed by atoms with Gasteiger partial charge in [-0.25, -0.2) is 4.79 Å². The predicted octanol–water partition coefficient (Wildman–Crippen LogP) is -0.480. The van der Waals surface area contributed by atoms with Crippen molar-refractivity contribution < 1.29 is 57.3 Å². The third kappa shape index (κ3) is 14.0. The van der Waals surface area contributed by atoms with E-state index in [1.165, 1.54) is 16.9 Å². The third-order valence-corrected chi connectivity index (χ3v) is 9.56. The molecule has 3 aliphatic rings. The van der Waals surface area contributed by atoms with Crippen molar-refractivity contribution in [2.75, 3.05) is 53.2 Å². The Morgan fingerprint density at radius 1 is 0.789 bits per heavy atom. The molecule has 0 spiro atoms. The fourth-order valence-electron chi connectivity index (χ4n) is 6.52. The Balaban J connectivity index is 1.81. The van der Waals surface area contributed by atoms with Crippen LogP contribution in [0.3, 0.4) is 0 Å². The minimum atomic E-state index is -1.29. The van der Waals surface area contributed by atoms with Gasteiger partial charge >= 0.3 is 12.1 Å². The van der Waals surface area contributed by atoms with Gasteiger partial charge in [-0.3, -0.25) is 38.5 Å². The monoisotopic (exact) mass is 807 g/mol. The van der Waals surface area contributed by atoms with Crippen molar-refractivity contribution in [3.05, 3.63) is 12.2 Å². The molecule has 3 rings (SSSR count). The van der Waals surface area contributed by atoms with E-state index < -0.39 is 102 Å². The smallest absolute Gasteiger partial charge is 0.410 e. The molecule has 6 atom stereocenters. The average molecular weight is 808 g/mol. The van der Waals surface area contributed by atoms with Crippen LogP contribution in [0.25, 0.3) is 0 Å². The molecular formula is C38H61N7O12. The van der Waals surface area contributed by atoms with Crippen molar-refractivity contribution in [1.82, 2.24) is 36.4 Å². The molecule has 6 unspecified atom stereocenters. The summed E-state index contributed by atoms with van der Waals surface area (Å²) >= 11 is 0. The molecule has 19 heteroatoms. The Bertz CT molecular complexity index is 1500. The molecule has 0 aromatic rings. The van der Waals surface area contributed by atoms with Gasteiger partial charge in [0, 0.05) is 13.1 Å². The van der Waals surface area contributed by atoms with Crippen LogP contribution < -0.4 is 26.6 Å². The largest absolute Gasteiger partial charge is 0.468 e. The maximum absolute atomic E-state index is 13.9. The molecule has 5 N–H and O–H groups in total. The lowest BCUT2D eigenvalue weighted by Gasteiger charge is -2.33. The van der Waals surface area contributed by atoms with E-state index in [-0.39, 0.29) is 38.9 Å². The number of nitrogens with one attached hydrogen (secondary N) is 5. The van der Waals surface area contributed by atoms with E-state index >= 15 is 0 Å². The number of hydrogen-bond acceptors (Lipinski definition) is 12. The highest BCUT2D eigenvalue weighted by Gasteiger charge is 2.44. The second-order valence-corrected chi connectivity index (χ2v) is 15.9. The van der Waals surface area contributed by atoms with E-state index in [1.807, 2.05) is 0 Å². The second kappa shape index (κ2) is 21.7. The number of carbonyl (C=O) groups is 8. The van der Waals surface area contributed by atoms with E-state index in [0.717, 1.165) is 0 Å². The van der Waals surface area contributed by atoms with Crippen LogP contribution in [-0.4, -0.2) is 152 Å². The summed E-state index contributed by atoms with van der Waals surface area (Å²) < 4.78 is 21.5. The van der Waals surface area contributed by atoms with Crippen molar-refractivity contribution in [3.63, 3.8) is 0 Å². The number of hydrogen-bond donors (Lipinski definition) is 5. The summed E-state index contributed by atoms with van der Waals surface area (Å²) in [6, 6.07) is -6.55. The van der Waals surface area contributed by atoms with Crippen LogP contribution in [0.15, 0.2) is 12.2 Å². The van der Waals surface area contributed by atoms with Gasteiger partial charge < -0.3 is 50.4 Å². The first-order valence-electron chi connectivity index (χ1n) is 19.5. The van der Waals surface area contributed by atoms with Crippen LogP contribution >= 0.6 is 0 Å². The van der Waals surface area contributed by atoms with E-state index in [2.05, 4.69) is 31.3 Å². The first-order chi connectivity index (χ1) is 26.8. The van der Waals surface area contributed by atoms with Crippen molar-refractivity contribution in [2.45, 2.75) is 116 Å². The van der Waals surface area contributed by atoms with Crippen LogP contribution in [0.2, 0.25) is 0 Å². The molecule has 320 valence electrons. The summed E-state index contributed by atoms with van der Waals surface area (Å²) in [5, 5.41) is 13.1. The van der Waals surface area contributed by atoms with Crippen LogP contribution in [0.4, 0.5) is 4.79 Å². The van der Waals surface area contributed by atoms with Crippen molar-refractivity contribution in [2.24, 2.45) is 11.8 Å². The molecule has 19 nitrogen and oxygen atoms in total. The van der Waals surface area contributed by atoms with Gasteiger partial charge in [-0.2, -0.15) is 0 Å². The molecule has 0 radical (unpaired) electrons. The first-order valence-corrected chi connectivity index (χ1v) is 19.5. The Kier molecular flexibility index (Phi) is 17.7. The van der Waals surface area contributed by atoms with E-state index in [1.54, 1.807) is 60.6 Å². The highest BCUT2D eigenvalue weighted by Crippen LogP contribution is 2.26. The molecular weight excluding hydrogens is 746 g/mol. The summed E-state index contributed by atoms with van der Waals surface area (Å²) in [6.07, 6.45) is 4.48. The molecule has 0 saturated carbocycles. The first kappa shape index (κ1) is 46.6. The van der Waals surface area contributed by atoms with Gasteiger partial charge in [0.2, 0.25) is 35.4 Å². The standard InChI is InChI=1S/C38H61N7O12/c1-22(2)29-34(50)41-24(31(47)39-19-28(46)54-8)20-55-17-9-10-18-56-21-25(32(48)42-30(23(3)4)35(51)43-29)40-33(49)26-13-11-15-44(26)36(52)27-14-12-16-45(27)37(53)57-38(5,6)7/h9-10,22-27,29-30H,11-21H2,1-8H3,(H,39,47)(H,40,49)(H,41,50)(H,42,48)(H,43,51). The molecule has 3 heterocycles. The molecule has 0 aliphatic carbocycles. The lowest BCUT2D eigenvalue weighted by atomic mass is 9.99. The summed E-state index contributed by atoms with van der Waals surface area (Å²) in [5.41, 5.74) is -0.754. The van der Waals surface area contributed by atoms with Gasteiger partial charge in [0.15, 0.2) is 0 Å². The number of carbonyl (C=O) groups excluding carboxylic acids is 8. The maximum Gasteiger partial charge on any atom is 0.410 e. The van der Waals surface area contributed by atoms with Gasteiger partial charge in [0.1, 0.15) is 48.4 Å². The van der Waals surface area contributed by atoms with Crippen LogP contribution in [0, 0.1) is 11.8 Å². The van der Waals surface area contributed by atoms with Gasteiger partial charge in [0.05, 0.1) is 33.5 Å². The number of esters is 1. The number of nitrogens with zero attached hydrogens (tertiary/aromatic N) is 2. The molecule has 3 aliphatic heterocycles. The number of amides is 7. The second-order valence-electron chi connectivity index (χ2n) is 15.9. The Morgan fingerprint density at radius 2 is 1.33 bits per heavy atom. The average Bonchev–Trinajstić information content (AvgIpc) is 3.84. The molecule has 0 bridgehead atoms. The topological polar surface area (TPSA) is 240 Å². The van der Waals surface area contributed by atoms with Gasteiger partial charge in [-0.05, 0) is 58.3 Å². The van der Waals surface area contributed by atoms with Crippen molar-refractivity contribution >= 4 is 47.5 Å². The van der Waals surface area contributed by atoms with Crippen molar-refractivity contribution in [1.29, 1.82) is 0 Å².